The number of amides is 1. The number of carbonyl (C=O) groups is 2. The molecule has 0 aromatic carbocycles. The van der Waals surface area contributed by atoms with Gasteiger partial charge in [-0.15, -0.1) is 0 Å². The predicted octanol–water partition coefficient (Wildman–Crippen LogP) is 6.20. The number of carbonyl (C=O) groups excluding carboxylic acids is 2. The minimum Gasteiger partial charge on any atom is -0.463 e. The van der Waals surface area contributed by atoms with Crippen molar-refractivity contribution in [1.29, 1.82) is 0 Å². The molecule has 0 saturated carbocycles. The molecule has 0 spiro atoms. The van der Waals surface area contributed by atoms with Gasteiger partial charge in [-0.05, 0) is 12.8 Å². The average Bonchev–Trinajstić information content (AvgIpc) is 2.87. The van der Waals surface area contributed by atoms with Crippen LogP contribution in [0.5, 0.6) is 0 Å². The average molecular weight is 552 g/mol. The zero-order valence-electron chi connectivity index (χ0n) is 23.4. The van der Waals surface area contributed by atoms with Crippen LogP contribution in [0.4, 0.5) is 0 Å². The number of hydrogen-bond acceptors (Lipinski definition) is 7. The van der Waals surface area contributed by atoms with Crippen LogP contribution in [-0.4, -0.2) is 54.3 Å². The summed E-state index contributed by atoms with van der Waals surface area (Å²) >= 11 is 0. The molecule has 220 valence electrons. The monoisotopic (exact) mass is 551 g/mol. The van der Waals surface area contributed by atoms with Gasteiger partial charge in [0, 0.05) is 19.4 Å². The van der Waals surface area contributed by atoms with E-state index in [9.17, 15) is 24.2 Å². The van der Waals surface area contributed by atoms with Gasteiger partial charge in [-0.1, -0.05) is 104 Å². The highest BCUT2D eigenvalue weighted by Gasteiger charge is 2.23. The third-order valence-corrected chi connectivity index (χ3v) is 7.02. The lowest BCUT2D eigenvalue weighted by atomic mass is 10.1. The highest BCUT2D eigenvalue weighted by Crippen LogP contribution is 2.42. The Morgan fingerprint density at radius 2 is 1.22 bits per heavy atom. The van der Waals surface area contributed by atoms with Crippen molar-refractivity contribution >= 4 is 19.7 Å². The molecule has 0 heterocycles. The summed E-state index contributed by atoms with van der Waals surface area (Å²) in [6, 6.07) is 0. The molecular weight excluding hydrogens is 497 g/mol. The van der Waals surface area contributed by atoms with Gasteiger partial charge in [0.2, 0.25) is 5.91 Å². The van der Waals surface area contributed by atoms with Crippen LogP contribution in [0.25, 0.3) is 0 Å². The Bertz CT molecular complexity index is 605. The summed E-state index contributed by atoms with van der Waals surface area (Å²) in [5.41, 5.74) is 0. The summed E-state index contributed by atoms with van der Waals surface area (Å²) < 4.78 is 26.4. The van der Waals surface area contributed by atoms with E-state index < -0.39 is 26.5 Å². The summed E-state index contributed by atoms with van der Waals surface area (Å²) in [6.07, 6.45) is 17.9. The zero-order valence-corrected chi connectivity index (χ0v) is 24.3. The smallest absolute Gasteiger partial charge is 0.463 e. The zero-order chi connectivity index (χ0) is 27.6. The standard InChI is InChI=1S/C27H54NO8P/c1-3-5-7-9-10-11-12-13-14-16-17-19-26(30)28-21-22-35-37(32,33)36-24-25(29)23-34-27(31)20-18-15-8-6-4-2/h25,29H,3-24H2,1-2H3,(H,28,30)(H,32,33). The van der Waals surface area contributed by atoms with Crippen LogP contribution in [0.1, 0.15) is 129 Å². The number of esters is 1. The lowest BCUT2D eigenvalue weighted by Gasteiger charge is -2.15. The summed E-state index contributed by atoms with van der Waals surface area (Å²) in [4.78, 5) is 33.2. The van der Waals surface area contributed by atoms with Gasteiger partial charge in [-0.3, -0.25) is 18.6 Å². The highest BCUT2D eigenvalue weighted by atomic mass is 31.2. The van der Waals surface area contributed by atoms with Crippen LogP contribution >= 0.6 is 7.82 Å². The number of phosphoric acid groups is 1. The van der Waals surface area contributed by atoms with E-state index in [2.05, 4.69) is 19.2 Å². The van der Waals surface area contributed by atoms with Gasteiger partial charge in [0.1, 0.15) is 12.7 Å². The SMILES string of the molecule is CCCCCCCCCCCCCC(=O)NCCOP(=O)(O)OCC(O)COC(=O)CCCCCCC. The van der Waals surface area contributed by atoms with Gasteiger partial charge in [0.05, 0.1) is 13.2 Å². The first-order chi connectivity index (χ1) is 17.8. The molecule has 0 aromatic heterocycles. The second-order valence-electron chi connectivity index (χ2n) is 9.73. The van der Waals surface area contributed by atoms with Crippen LogP contribution < -0.4 is 5.32 Å². The first-order valence-electron chi connectivity index (χ1n) is 14.5. The fourth-order valence-electron chi connectivity index (χ4n) is 3.79. The summed E-state index contributed by atoms with van der Waals surface area (Å²) in [7, 11) is -4.38. The molecule has 10 heteroatoms. The van der Waals surface area contributed by atoms with Gasteiger partial charge in [-0.25, -0.2) is 4.57 Å². The molecule has 0 fully saturated rings. The summed E-state index contributed by atoms with van der Waals surface area (Å²) in [5.74, 6) is -0.529. The van der Waals surface area contributed by atoms with Crippen molar-refractivity contribution in [3.63, 3.8) is 0 Å². The van der Waals surface area contributed by atoms with Crippen LogP contribution in [0, 0.1) is 0 Å². The third-order valence-electron chi connectivity index (χ3n) is 6.04. The summed E-state index contributed by atoms with van der Waals surface area (Å²) in [6.45, 7) is 3.41. The van der Waals surface area contributed by atoms with Crippen LogP contribution in [0.3, 0.4) is 0 Å². The minimum absolute atomic E-state index is 0.0865. The third kappa shape index (κ3) is 26.4. The number of nitrogens with one attached hydrogen (secondary N) is 1. The number of aliphatic hydroxyl groups excluding tert-OH is 1. The Kier molecular flexibility index (Phi) is 24.6. The van der Waals surface area contributed by atoms with Crippen molar-refractivity contribution in [2.45, 2.75) is 136 Å². The molecule has 0 saturated heterocycles. The Morgan fingerprint density at radius 1 is 0.730 bits per heavy atom. The van der Waals surface area contributed by atoms with Crippen LogP contribution in [0.15, 0.2) is 0 Å². The molecule has 0 bridgehead atoms. The number of rotatable bonds is 27. The van der Waals surface area contributed by atoms with Crippen molar-refractivity contribution in [2.24, 2.45) is 0 Å². The normalized spacial score (nSPS) is 13.7. The quantitative estimate of drug-likeness (QED) is 0.0624. The highest BCUT2D eigenvalue weighted by molar-refractivity contribution is 7.47. The Balaban J connectivity index is 3.65. The second kappa shape index (κ2) is 25.3. The van der Waals surface area contributed by atoms with Crippen molar-refractivity contribution in [1.82, 2.24) is 5.32 Å². The van der Waals surface area contributed by atoms with Gasteiger partial charge in [-0.2, -0.15) is 0 Å². The fraction of sp³-hybridized carbons (Fsp3) is 0.926. The van der Waals surface area contributed by atoms with E-state index in [-0.39, 0.29) is 32.1 Å². The number of ether oxygens (including phenoxy) is 1. The summed E-state index contributed by atoms with van der Waals surface area (Å²) in [5, 5.41) is 12.5. The van der Waals surface area contributed by atoms with Crippen LogP contribution in [-0.2, 0) is 27.9 Å². The predicted molar refractivity (Wildman–Crippen MR) is 146 cm³/mol. The van der Waals surface area contributed by atoms with E-state index in [0.29, 0.717) is 6.42 Å². The first-order valence-corrected chi connectivity index (χ1v) is 16.0. The molecule has 37 heavy (non-hydrogen) atoms. The van der Waals surface area contributed by atoms with E-state index in [1.54, 1.807) is 0 Å². The van der Waals surface area contributed by atoms with Crippen molar-refractivity contribution < 1.29 is 37.9 Å². The number of aliphatic hydroxyl groups is 1. The fourth-order valence-corrected chi connectivity index (χ4v) is 4.55. The minimum atomic E-state index is -4.38. The lowest BCUT2D eigenvalue weighted by Crippen LogP contribution is -2.27. The van der Waals surface area contributed by atoms with Gasteiger partial charge < -0.3 is 20.1 Å². The molecule has 3 N–H and O–H groups in total. The first kappa shape index (κ1) is 36.0. The van der Waals surface area contributed by atoms with Crippen molar-refractivity contribution in [3.8, 4) is 0 Å². The Hall–Kier alpha value is -0.990. The number of unbranched alkanes of at least 4 members (excludes halogenated alkanes) is 14. The van der Waals surface area contributed by atoms with E-state index in [0.717, 1.165) is 51.4 Å². The Labute approximate surface area is 225 Å². The van der Waals surface area contributed by atoms with Crippen LogP contribution in [0.2, 0.25) is 0 Å². The van der Waals surface area contributed by atoms with Crippen molar-refractivity contribution in [3.05, 3.63) is 0 Å². The van der Waals surface area contributed by atoms with Gasteiger partial charge in [0.25, 0.3) is 0 Å². The Morgan fingerprint density at radius 3 is 1.76 bits per heavy atom. The topological polar surface area (TPSA) is 131 Å². The van der Waals surface area contributed by atoms with E-state index >= 15 is 0 Å². The largest absolute Gasteiger partial charge is 0.472 e. The maximum Gasteiger partial charge on any atom is 0.472 e. The molecule has 0 radical (unpaired) electrons. The maximum absolute atomic E-state index is 11.9. The second-order valence-corrected chi connectivity index (χ2v) is 11.2. The maximum atomic E-state index is 11.9. The van der Waals surface area contributed by atoms with Crippen molar-refractivity contribution in [2.75, 3.05) is 26.4 Å². The van der Waals surface area contributed by atoms with E-state index in [1.807, 2.05) is 0 Å². The molecular formula is C27H54NO8P. The molecule has 0 aliphatic rings. The molecule has 0 aliphatic heterocycles. The number of hydrogen-bond donors (Lipinski definition) is 3. The molecule has 9 nitrogen and oxygen atoms in total. The van der Waals surface area contributed by atoms with Gasteiger partial charge >= 0.3 is 13.8 Å². The van der Waals surface area contributed by atoms with E-state index in [1.165, 1.54) is 51.4 Å². The lowest BCUT2D eigenvalue weighted by molar-refractivity contribution is -0.147. The van der Waals surface area contributed by atoms with E-state index in [4.69, 9.17) is 13.8 Å². The molecule has 2 unspecified atom stereocenters. The van der Waals surface area contributed by atoms with Gasteiger partial charge in [0.15, 0.2) is 0 Å². The number of phosphoric ester groups is 1. The molecule has 0 aromatic rings. The molecule has 1 amide bonds. The molecule has 0 rings (SSSR count). The molecule has 0 aliphatic carbocycles. The molecule has 2 atom stereocenters.